The lowest BCUT2D eigenvalue weighted by Crippen LogP contribution is -2.60. The lowest BCUT2D eigenvalue weighted by molar-refractivity contribution is -0.146. The predicted octanol–water partition coefficient (Wildman–Crippen LogP) is 1.59. The van der Waals surface area contributed by atoms with E-state index in [-0.39, 0.29) is 146 Å². The van der Waals surface area contributed by atoms with E-state index in [0.717, 1.165) is 0 Å². The van der Waals surface area contributed by atoms with Crippen LogP contribution in [0, 0.1) is 29.6 Å². The summed E-state index contributed by atoms with van der Waals surface area (Å²) < 4.78 is 86.4. The molecule has 35 nitrogen and oxygen atoms in total. The van der Waals surface area contributed by atoms with E-state index in [4.69, 9.17) is 71.1 Å². The second-order valence-corrected chi connectivity index (χ2v) is 30.4. The van der Waals surface area contributed by atoms with Crippen molar-refractivity contribution in [1.29, 1.82) is 0 Å². The molecule has 2 aromatic rings. The number of benzene rings is 2. The van der Waals surface area contributed by atoms with Crippen LogP contribution >= 0.6 is 0 Å². The van der Waals surface area contributed by atoms with E-state index in [1.807, 2.05) is 69.2 Å². The van der Waals surface area contributed by atoms with E-state index in [1.165, 1.54) is 7.11 Å². The van der Waals surface area contributed by atoms with Gasteiger partial charge in [0.2, 0.25) is 47.3 Å². The summed E-state index contributed by atoms with van der Waals surface area (Å²) in [5, 5.41) is 51.5. The fraction of sp³-hybridized carbons (Fsp3) is 0.741. The Morgan fingerprint density at radius 2 is 0.552 bits per heavy atom. The van der Waals surface area contributed by atoms with Crippen LogP contribution in [0.2, 0.25) is 0 Å². The Bertz CT molecular complexity index is 3170. The molecule has 2 heterocycles. The van der Waals surface area contributed by atoms with Gasteiger partial charge in [-0.15, -0.1) is 0 Å². The molecule has 8 amide bonds. The Hall–Kier alpha value is -7.65. The topological polar surface area (TPSA) is 449 Å². The molecule has 2 aliphatic heterocycles. The van der Waals surface area contributed by atoms with Gasteiger partial charge < -0.3 is 129 Å². The highest BCUT2D eigenvalue weighted by Crippen LogP contribution is 2.31. The number of aliphatic hydroxyl groups is 3. The van der Waals surface area contributed by atoms with E-state index < -0.39 is 134 Å². The fourth-order valence-corrected chi connectivity index (χ4v) is 11.9. The molecule has 2 aliphatic rings. The maximum absolute atomic E-state index is 15.3. The number of methoxy groups -OCH3 is 1. The van der Waals surface area contributed by atoms with Gasteiger partial charge in [0.25, 0.3) is 0 Å². The van der Waals surface area contributed by atoms with Crippen molar-refractivity contribution in [3.8, 4) is 23.0 Å². The standard InChI is InChI=1S/C81H134N8O27/c1-54(2)42-61(82-72(93)16-17-73(94)89-81(51-90,52-91)53-92)74(95)86-65(47-59-12-14-68-70(49-59)115-40-36-111-32-28-107-24-20-103-18-22-105-26-30-109-34-38-113-68)78(99)85-63(44-56(5)6)76(97)83-62(43-55(3)4)75(96)84-64(45-57(7)8)77(98)87-66(79(100)88-67(46-58(9)10)80(101)102-11)48-60-13-15-69-71(50-60)116-41-37-112-33-29-108-25-21-104-19-23-106-27-31-110-35-39-114-69/h12-15,49-50,54-58,61-67,90-92H,16-48,51-53H2,1-11H3,(H,82,93)(H,83,97)(H,84,96)(H,85,99)(H,86,95)(H,87,98)(H,88,100)(H,89,94)/t61-,62-,63-,64-,65-,66-,67-/m0/s1. The normalized spacial score (nSPS) is 17.5. The first kappa shape index (κ1) is 101. The van der Waals surface area contributed by atoms with Gasteiger partial charge in [-0.2, -0.15) is 0 Å². The van der Waals surface area contributed by atoms with Crippen molar-refractivity contribution in [3.05, 3.63) is 47.5 Å². The molecule has 0 aliphatic carbocycles. The van der Waals surface area contributed by atoms with E-state index in [9.17, 15) is 39.3 Å². The minimum absolute atomic E-state index is 0.0126. The average molecular weight is 1650 g/mol. The number of esters is 1. The van der Waals surface area contributed by atoms with Gasteiger partial charge in [-0.05, 0) is 97.1 Å². The van der Waals surface area contributed by atoms with E-state index >= 15 is 19.2 Å². The van der Waals surface area contributed by atoms with Gasteiger partial charge in [0.1, 0.15) is 74.3 Å². The van der Waals surface area contributed by atoms with Gasteiger partial charge in [0, 0.05) is 25.7 Å². The van der Waals surface area contributed by atoms with Gasteiger partial charge in [-0.3, -0.25) is 38.4 Å². The van der Waals surface area contributed by atoms with Gasteiger partial charge >= 0.3 is 5.97 Å². The molecule has 0 radical (unpaired) electrons. The quantitative estimate of drug-likeness (QED) is 0.0437. The maximum atomic E-state index is 15.3. The second-order valence-electron chi connectivity index (χ2n) is 30.4. The summed E-state index contributed by atoms with van der Waals surface area (Å²) in [6.07, 6.45) is -0.979. The number of carbonyl (C=O) groups excluding carboxylic acids is 9. The van der Waals surface area contributed by atoms with Crippen LogP contribution in [-0.4, -0.2) is 302 Å². The number of amides is 8. The minimum atomic E-state index is -1.75. The van der Waals surface area contributed by atoms with Crippen molar-refractivity contribution in [2.75, 3.05) is 185 Å². The summed E-state index contributed by atoms with van der Waals surface area (Å²) in [5.41, 5.74) is -0.812. The van der Waals surface area contributed by atoms with Crippen LogP contribution in [0.1, 0.15) is 125 Å². The largest absolute Gasteiger partial charge is 0.487 e. The monoisotopic (exact) mass is 1650 g/mol. The van der Waals surface area contributed by atoms with Crippen molar-refractivity contribution < 1.29 is 130 Å². The molecule has 2 aromatic carbocycles. The van der Waals surface area contributed by atoms with Gasteiger partial charge in [-0.1, -0.05) is 81.4 Å². The molecular formula is C81H134N8O27. The number of aliphatic hydroxyl groups excluding tert-OH is 3. The van der Waals surface area contributed by atoms with Crippen molar-refractivity contribution >= 4 is 53.2 Å². The molecule has 0 bridgehead atoms. The molecule has 0 spiro atoms. The molecule has 0 aromatic heterocycles. The number of hydrogen-bond acceptors (Lipinski definition) is 27. The molecule has 35 heteroatoms. The Labute approximate surface area is 683 Å². The summed E-state index contributed by atoms with van der Waals surface area (Å²) in [4.78, 5) is 130. The number of fused-ring (bicyclic) bond motifs is 2. The molecule has 116 heavy (non-hydrogen) atoms. The van der Waals surface area contributed by atoms with Crippen LogP contribution in [0.25, 0.3) is 0 Å². The van der Waals surface area contributed by atoms with Gasteiger partial charge in [0.05, 0.1) is 159 Å². The highest BCUT2D eigenvalue weighted by atomic mass is 16.6. The zero-order chi connectivity index (χ0) is 85.1. The molecule has 660 valence electrons. The molecule has 0 saturated carbocycles. The van der Waals surface area contributed by atoms with Gasteiger partial charge in [0.15, 0.2) is 23.0 Å². The summed E-state index contributed by atoms with van der Waals surface area (Å²) in [6, 6.07) is 0.668. The number of hydrogen-bond donors (Lipinski definition) is 11. The molecule has 11 N–H and O–H groups in total. The van der Waals surface area contributed by atoms with Crippen LogP contribution in [0.4, 0.5) is 0 Å². The van der Waals surface area contributed by atoms with Crippen LogP contribution in [0.5, 0.6) is 23.0 Å². The number of nitrogens with one attached hydrogen (secondary N) is 8. The summed E-state index contributed by atoms with van der Waals surface area (Å²) in [6.45, 7) is 22.6. The van der Waals surface area contributed by atoms with E-state index in [0.29, 0.717) is 121 Å². The van der Waals surface area contributed by atoms with Crippen molar-refractivity contribution in [3.63, 3.8) is 0 Å². The third-order valence-corrected chi connectivity index (χ3v) is 17.9. The highest BCUT2D eigenvalue weighted by Gasteiger charge is 2.37. The lowest BCUT2D eigenvalue weighted by Gasteiger charge is -2.29. The fourth-order valence-electron chi connectivity index (χ4n) is 11.9. The molecule has 0 fully saturated rings. The summed E-state index contributed by atoms with van der Waals surface area (Å²) in [7, 11) is 1.20. The zero-order valence-electron chi connectivity index (χ0n) is 70.0. The van der Waals surface area contributed by atoms with Crippen LogP contribution in [0.15, 0.2) is 36.4 Å². The Morgan fingerprint density at radius 3 is 0.828 bits per heavy atom. The molecule has 0 saturated heterocycles. The van der Waals surface area contributed by atoms with Crippen LogP contribution < -0.4 is 61.5 Å². The third kappa shape index (κ3) is 42.1. The van der Waals surface area contributed by atoms with E-state index in [2.05, 4.69) is 42.5 Å². The smallest absolute Gasteiger partial charge is 0.328 e. The van der Waals surface area contributed by atoms with Crippen LogP contribution in [-0.2, 0) is 108 Å². The van der Waals surface area contributed by atoms with Crippen molar-refractivity contribution in [2.24, 2.45) is 29.6 Å². The molecule has 7 atom stereocenters. The molecule has 0 unspecified atom stereocenters. The Kier molecular flexibility index (Phi) is 50.6. The third-order valence-electron chi connectivity index (χ3n) is 17.9. The number of ether oxygens (including phenoxy) is 15. The zero-order valence-corrected chi connectivity index (χ0v) is 70.0. The second kappa shape index (κ2) is 58.3. The van der Waals surface area contributed by atoms with Gasteiger partial charge in [-0.25, -0.2) is 4.79 Å². The first-order valence-corrected chi connectivity index (χ1v) is 40.6. The molecule has 4 rings (SSSR count). The van der Waals surface area contributed by atoms with E-state index in [1.54, 1.807) is 36.4 Å². The summed E-state index contributed by atoms with van der Waals surface area (Å²) in [5.74, 6) is -6.77. The predicted molar refractivity (Wildman–Crippen MR) is 425 cm³/mol. The average Bonchev–Trinajstić information content (AvgIpc) is 0.834. The maximum Gasteiger partial charge on any atom is 0.328 e. The first-order chi connectivity index (χ1) is 55.7. The minimum Gasteiger partial charge on any atom is -0.487 e. The first-order valence-electron chi connectivity index (χ1n) is 40.6. The van der Waals surface area contributed by atoms with Crippen molar-refractivity contribution in [2.45, 2.75) is 175 Å². The lowest BCUT2D eigenvalue weighted by atomic mass is 9.97. The summed E-state index contributed by atoms with van der Waals surface area (Å²) >= 11 is 0. The Morgan fingerprint density at radius 1 is 0.319 bits per heavy atom. The Balaban J connectivity index is 1.72. The SMILES string of the molecule is COC(=O)[C@H](CC(C)C)NC(=O)[C@H](Cc1ccc2c(c1)OCCOCCOCCOCCOCCOCCO2)NC(=O)[C@H](CC(C)C)NC(=O)[C@H](CC(C)C)NC(=O)[C@H](CC(C)C)NC(=O)[C@H](Cc1ccc2c(c1)OCCOCCOCCOCCOCCOCCO2)NC(=O)[C@H](CC(C)C)NC(=O)CCC(=O)NC(CO)(CO)CO. The molecular weight excluding hydrogens is 1520 g/mol. The number of rotatable bonds is 35. The highest BCUT2D eigenvalue weighted by molar-refractivity contribution is 5.98. The van der Waals surface area contributed by atoms with Crippen molar-refractivity contribution in [1.82, 2.24) is 42.5 Å². The number of carbonyl (C=O) groups is 9. The van der Waals surface area contributed by atoms with Crippen LogP contribution in [0.3, 0.4) is 0 Å².